The molecule has 0 aromatic heterocycles. The van der Waals surface area contributed by atoms with Crippen molar-refractivity contribution in [1.29, 1.82) is 0 Å². The van der Waals surface area contributed by atoms with Crippen molar-refractivity contribution in [3.8, 4) is 0 Å². The summed E-state index contributed by atoms with van der Waals surface area (Å²) in [5.41, 5.74) is -2.76. The lowest BCUT2D eigenvalue weighted by Crippen LogP contribution is -2.60. The summed E-state index contributed by atoms with van der Waals surface area (Å²) in [5.74, 6) is -3.59. The molecule has 1 aliphatic heterocycles. The Morgan fingerprint density at radius 1 is 0.603 bits per heavy atom. The molecular weight excluding hydrogens is 943 g/mol. The molecule has 1 saturated heterocycles. The van der Waals surface area contributed by atoms with Gasteiger partial charge in [0.15, 0.2) is 5.54 Å². The van der Waals surface area contributed by atoms with Gasteiger partial charge < -0.3 is 60.5 Å². The van der Waals surface area contributed by atoms with Crippen LogP contribution in [0.25, 0.3) is 0 Å². The van der Waals surface area contributed by atoms with Gasteiger partial charge in [-0.05, 0) is 105 Å². The number of unbranched alkanes of at least 4 members (excludes halogenated alkanes) is 1. The van der Waals surface area contributed by atoms with Crippen LogP contribution in [-0.2, 0) is 60.5 Å². The summed E-state index contributed by atoms with van der Waals surface area (Å²) in [4.78, 5) is 112. The Balaban J connectivity index is 1.96. The van der Waals surface area contributed by atoms with Crippen molar-refractivity contribution < 1.29 is 62.0 Å². The second-order valence-corrected chi connectivity index (χ2v) is 21.7. The molecule has 1 aliphatic rings. The van der Waals surface area contributed by atoms with E-state index in [-0.39, 0.29) is 70.9 Å². The maximum Gasteiger partial charge on any atom is 0.408 e. The number of rotatable bonds is 24. The maximum atomic E-state index is 14.7. The standard InChI is InChI=1S/C53H81N7O13/c1-35(2)31-39(56-43(62)40(32-36-21-15-13-16-22-36)57-44(63)41(33-37-23-17-14-18-24-37)58-48(67)72-51(6,7)8)42(61)55-38(25-19-20-27-54-47(66)71-50(3,4)5)45(64)60-28-26-53(34-60,46(65)70-30-29-69-12)59-49(68)73-52(9,10)11/h13-18,21-24,35,38-41H,19-20,25-34H2,1-12H3,(H,54,66)(H,55,61)(H,56,62)(H,57,63)(H,58,67)(H,59,68)/t38-,39-,40-,41-,53?/m1/s1. The van der Waals surface area contributed by atoms with Gasteiger partial charge >= 0.3 is 24.2 Å². The normalized spacial score (nSPS) is 16.4. The minimum atomic E-state index is -1.70. The first-order valence-corrected chi connectivity index (χ1v) is 25.0. The molecule has 20 nitrogen and oxygen atoms in total. The fraction of sp³-hybridized carbons (Fsp3) is 0.623. The molecule has 1 heterocycles. The second kappa shape index (κ2) is 28.1. The van der Waals surface area contributed by atoms with Gasteiger partial charge in [0.2, 0.25) is 23.6 Å². The van der Waals surface area contributed by atoms with Gasteiger partial charge in [-0.15, -0.1) is 0 Å². The summed E-state index contributed by atoms with van der Waals surface area (Å²) < 4.78 is 26.8. The Morgan fingerprint density at radius 2 is 1.08 bits per heavy atom. The number of esters is 1. The Bertz CT molecular complexity index is 2140. The van der Waals surface area contributed by atoms with Crippen LogP contribution >= 0.6 is 0 Å². The number of benzene rings is 2. The molecule has 1 unspecified atom stereocenters. The molecule has 0 radical (unpaired) electrons. The van der Waals surface area contributed by atoms with Crippen molar-refractivity contribution in [2.24, 2.45) is 5.92 Å². The monoisotopic (exact) mass is 1020 g/mol. The number of hydrogen-bond donors (Lipinski definition) is 6. The van der Waals surface area contributed by atoms with Crippen molar-refractivity contribution in [2.45, 2.75) is 168 Å². The predicted molar refractivity (Wildman–Crippen MR) is 273 cm³/mol. The van der Waals surface area contributed by atoms with E-state index in [0.717, 1.165) is 5.56 Å². The molecule has 406 valence electrons. The van der Waals surface area contributed by atoms with E-state index in [2.05, 4.69) is 31.9 Å². The first kappa shape index (κ1) is 60.9. The van der Waals surface area contributed by atoms with Gasteiger partial charge in [-0.25, -0.2) is 19.2 Å². The number of methoxy groups -OCH3 is 1. The number of nitrogens with zero attached hydrogens (tertiary/aromatic N) is 1. The van der Waals surface area contributed by atoms with Gasteiger partial charge in [-0.1, -0.05) is 74.5 Å². The molecular formula is C53H81N7O13. The van der Waals surface area contributed by atoms with Crippen LogP contribution < -0.4 is 31.9 Å². The van der Waals surface area contributed by atoms with E-state index in [1.807, 2.05) is 26.0 Å². The number of hydrogen-bond acceptors (Lipinski definition) is 13. The molecule has 0 spiro atoms. The van der Waals surface area contributed by atoms with Crippen LogP contribution in [0.4, 0.5) is 14.4 Å². The van der Waals surface area contributed by atoms with E-state index in [1.54, 1.807) is 111 Å². The average molecular weight is 1020 g/mol. The minimum Gasteiger partial charge on any atom is -0.461 e. The van der Waals surface area contributed by atoms with Crippen LogP contribution in [-0.4, -0.2) is 139 Å². The number of alkyl carbamates (subject to hydrolysis) is 3. The third-order valence-corrected chi connectivity index (χ3v) is 11.0. The van der Waals surface area contributed by atoms with Crippen molar-refractivity contribution >= 4 is 47.9 Å². The van der Waals surface area contributed by atoms with E-state index >= 15 is 0 Å². The Morgan fingerprint density at radius 3 is 1.60 bits per heavy atom. The Hall–Kier alpha value is -6.44. The van der Waals surface area contributed by atoms with E-state index in [1.165, 1.54) is 12.0 Å². The first-order valence-electron chi connectivity index (χ1n) is 25.0. The third-order valence-electron chi connectivity index (χ3n) is 11.0. The summed E-state index contributed by atoms with van der Waals surface area (Å²) in [7, 11) is 1.44. The highest BCUT2D eigenvalue weighted by atomic mass is 16.6. The number of carbonyl (C=O) groups excluding carboxylic acids is 8. The zero-order valence-electron chi connectivity index (χ0n) is 44.9. The number of likely N-dealkylation sites (tertiary alicyclic amines) is 1. The zero-order chi connectivity index (χ0) is 54.6. The van der Waals surface area contributed by atoms with E-state index in [0.29, 0.717) is 18.4 Å². The Kier molecular flexibility index (Phi) is 23.5. The fourth-order valence-corrected chi connectivity index (χ4v) is 7.72. The van der Waals surface area contributed by atoms with Crippen molar-refractivity contribution in [1.82, 2.24) is 36.8 Å². The van der Waals surface area contributed by atoms with E-state index in [4.69, 9.17) is 23.7 Å². The summed E-state index contributed by atoms with van der Waals surface area (Å²) >= 11 is 0. The molecule has 3 rings (SSSR count). The number of ether oxygens (including phenoxy) is 5. The van der Waals surface area contributed by atoms with Gasteiger partial charge in [0.05, 0.1) is 13.2 Å². The van der Waals surface area contributed by atoms with Gasteiger partial charge in [-0.3, -0.25) is 19.2 Å². The van der Waals surface area contributed by atoms with Crippen LogP contribution in [0.3, 0.4) is 0 Å². The average Bonchev–Trinajstić information content (AvgIpc) is 3.71. The maximum absolute atomic E-state index is 14.7. The van der Waals surface area contributed by atoms with E-state index in [9.17, 15) is 38.4 Å². The molecule has 2 aromatic rings. The highest BCUT2D eigenvalue weighted by Crippen LogP contribution is 2.26. The van der Waals surface area contributed by atoms with Crippen LogP contribution in [0.1, 0.15) is 119 Å². The number of carbonyl (C=O) groups is 8. The summed E-state index contributed by atoms with van der Waals surface area (Å²) in [5, 5.41) is 16.6. The lowest BCUT2D eigenvalue weighted by molar-refractivity contribution is -0.152. The predicted octanol–water partition coefficient (Wildman–Crippen LogP) is 5.25. The van der Waals surface area contributed by atoms with Crippen LogP contribution in [0, 0.1) is 5.92 Å². The van der Waals surface area contributed by atoms with Crippen molar-refractivity contribution in [2.75, 3.05) is 40.0 Å². The van der Waals surface area contributed by atoms with Crippen LogP contribution in [0.15, 0.2) is 60.7 Å². The molecule has 6 N–H and O–H groups in total. The molecule has 7 amide bonds. The van der Waals surface area contributed by atoms with E-state index < -0.39 is 94.4 Å². The largest absolute Gasteiger partial charge is 0.461 e. The topological polar surface area (TPSA) is 258 Å². The SMILES string of the molecule is COCCOC(=O)C1(NC(=O)OC(C)(C)C)CCN(C(=O)[C@@H](CCCCNC(=O)OC(C)(C)C)NC(=O)[C@@H](CC(C)C)NC(=O)[C@@H](Cc2ccccc2)NC(=O)[C@@H](Cc2ccccc2)NC(=O)OC(C)(C)C)C1. The Labute approximate surface area is 430 Å². The lowest BCUT2D eigenvalue weighted by Gasteiger charge is -2.31. The first-order chi connectivity index (χ1) is 34.1. The van der Waals surface area contributed by atoms with Crippen molar-refractivity contribution in [3.05, 3.63) is 71.8 Å². The van der Waals surface area contributed by atoms with Gasteiger partial charge in [0, 0.05) is 39.5 Å². The molecule has 20 heteroatoms. The van der Waals surface area contributed by atoms with Crippen molar-refractivity contribution in [3.63, 3.8) is 0 Å². The highest BCUT2D eigenvalue weighted by molar-refractivity contribution is 5.96. The molecule has 0 saturated carbocycles. The van der Waals surface area contributed by atoms with Crippen LogP contribution in [0.5, 0.6) is 0 Å². The zero-order valence-corrected chi connectivity index (χ0v) is 44.9. The molecule has 2 aromatic carbocycles. The van der Waals surface area contributed by atoms with Gasteiger partial charge in [0.25, 0.3) is 0 Å². The van der Waals surface area contributed by atoms with Crippen LogP contribution in [0.2, 0.25) is 0 Å². The summed E-state index contributed by atoms with van der Waals surface area (Å²) in [6.45, 7) is 18.9. The third kappa shape index (κ3) is 22.9. The summed E-state index contributed by atoms with van der Waals surface area (Å²) in [6.07, 6.45) is -1.38. The summed E-state index contributed by atoms with van der Waals surface area (Å²) in [6, 6.07) is 13.2. The number of nitrogens with one attached hydrogen (secondary N) is 6. The molecule has 1 fully saturated rings. The smallest absolute Gasteiger partial charge is 0.408 e. The lowest BCUT2D eigenvalue weighted by atomic mass is 9.99. The highest BCUT2D eigenvalue weighted by Gasteiger charge is 2.50. The number of amides is 7. The van der Waals surface area contributed by atoms with Gasteiger partial charge in [-0.2, -0.15) is 0 Å². The molecule has 0 bridgehead atoms. The molecule has 5 atom stereocenters. The minimum absolute atomic E-state index is 0.0122. The quantitative estimate of drug-likeness (QED) is 0.0447. The van der Waals surface area contributed by atoms with Gasteiger partial charge in [0.1, 0.15) is 47.6 Å². The second-order valence-electron chi connectivity index (χ2n) is 21.7. The molecule has 0 aliphatic carbocycles. The molecule has 73 heavy (non-hydrogen) atoms. The fourth-order valence-electron chi connectivity index (χ4n) is 7.72.